The zero-order valence-electron chi connectivity index (χ0n) is 21.6. The Morgan fingerprint density at radius 2 is 1.66 bits per heavy atom. The number of aromatic nitrogens is 2. The van der Waals surface area contributed by atoms with Gasteiger partial charge in [-0.25, -0.2) is 18.0 Å². The van der Waals surface area contributed by atoms with Crippen LogP contribution < -0.4 is 15.4 Å². The third kappa shape index (κ3) is 6.27. The monoisotopic (exact) mass is 529 g/mol. The molecular weight excluding hydrogens is 499 g/mol. The lowest BCUT2D eigenvalue weighted by atomic mass is 9.92. The van der Waals surface area contributed by atoms with Crippen LogP contribution in [-0.4, -0.2) is 45.8 Å². The molecule has 0 saturated carbocycles. The van der Waals surface area contributed by atoms with Gasteiger partial charge < -0.3 is 15.0 Å². The standard InChI is InChI=1S/C27H30F3N5O3/c1-27(2,3)22-15-23(34(4)33-22)32-26(37)31-17-12-16(28)13-19(14-17)38-18-8-10-35(11-9-18)25(36)24-20(29)6-5-7-21(24)30/h5-7,12-15,18H,8-11H2,1-4H3,(H2,31,32,37). The third-order valence-corrected chi connectivity index (χ3v) is 6.23. The quantitative estimate of drug-likeness (QED) is 0.459. The predicted octanol–water partition coefficient (Wildman–Crippen LogP) is 5.46. The van der Waals surface area contributed by atoms with Crippen molar-refractivity contribution in [1.29, 1.82) is 0 Å². The smallest absolute Gasteiger partial charge is 0.324 e. The topological polar surface area (TPSA) is 88.5 Å². The van der Waals surface area contributed by atoms with Crippen LogP contribution in [0.25, 0.3) is 0 Å². The van der Waals surface area contributed by atoms with Crippen LogP contribution in [0.3, 0.4) is 0 Å². The van der Waals surface area contributed by atoms with Gasteiger partial charge in [0.2, 0.25) is 0 Å². The number of carbonyl (C=O) groups excluding carboxylic acids is 2. The SMILES string of the molecule is Cn1nc(C(C)(C)C)cc1NC(=O)Nc1cc(F)cc(OC2CCN(C(=O)c3c(F)cccc3F)CC2)c1. The average molecular weight is 530 g/mol. The molecule has 1 aromatic heterocycles. The van der Waals surface area contributed by atoms with E-state index in [2.05, 4.69) is 15.7 Å². The predicted molar refractivity (Wildman–Crippen MR) is 137 cm³/mol. The number of piperidine rings is 1. The van der Waals surface area contributed by atoms with Crippen LogP contribution in [-0.2, 0) is 12.5 Å². The fourth-order valence-electron chi connectivity index (χ4n) is 4.16. The second-order valence-electron chi connectivity index (χ2n) is 10.2. The van der Waals surface area contributed by atoms with Crippen molar-refractivity contribution in [3.63, 3.8) is 0 Å². The minimum Gasteiger partial charge on any atom is -0.490 e. The molecule has 0 spiro atoms. The molecule has 202 valence electrons. The van der Waals surface area contributed by atoms with Crippen molar-refractivity contribution in [2.75, 3.05) is 23.7 Å². The van der Waals surface area contributed by atoms with Gasteiger partial charge in [-0.1, -0.05) is 26.8 Å². The van der Waals surface area contributed by atoms with Crippen LogP contribution in [0, 0.1) is 17.5 Å². The minimum atomic E-state index is -0.907. The molecule has 1 fully saturated rings. The van der Waals surface area contributed by atoms with Crippen molar-refractivity contribution in [3.8, 4) is 5.75 Å². The van der Waals surface area contributed by atoms with E-state index in [1.165, 1.54) is 29.2 Å². The average Bonchev–Trinajstić information content (AvgIpc) is 3.19. The molecule has 1 saturated heterocycles. The Hall–Kier alpha value is -4.02. The summed E-state index contributed by atoms with van der Waals surface area (Å²) in [7, 11) is 1.71. The molecule has 1 aliphatic rings. The summed E-state index contributed by atoms with van der Waals surface area (Å²) in [5.41, 5.74) is 0.231. The Morgan fingerprint density at radius 1 is 1.00 bits per heavy atom. The zero-order valence-corrected chi connectivity index (χ0v) is 21.6. The minimum absolute atomic E-state index is 0.193. The van der Waals surface area contributed by atoms with E-state index in [0.29, 0.717) is 18.7 Å². The number of benzene rings is 2. The number of hydrogen-bond donors (Lipinski definition) is 2. The Kier molecular flexibility index (Phi) is 7.66. The van der Waals surface area contributed by atoms with Gasteiger partial charge in [-0.3, -0.25) is 14.8 Å². The summed E-state index contributed by atoms with van der Waals surface area (Å²) in [4.78, 5) is 26.5. The molecule has 0 unspecified atom stereocenters. The number of hydrogen-bond acceptors (Lipinski definition) is 4. The van der Waals surface area contributed by atoms with E-state index >= 15 is 0 Å². The maximum atomic E-state index is 14.3. The van der Waals surface area contributed by atoms with Gasteiger partial charge in [0.25, 0.3) is 5.91 Å². The van der Waals surface area contributed by atoms with E-state index < -0.39 is 35.0 Å². The lowest BCUT2D eigenvalue weighted by Gasteiger charge is -2.32. The molecule has 4 rings (SSSR count). The van der Waals surface area contributed by atoms with Gasteiger partial charge in [0.15, 0.2) is 0 Å². The van der Waals surface area contributed by atoms with E-state index in [9.17, 15) is 22.8 Å². The van der Waals surface area contributed by atoms with Crippen LogP contribution in [0.5, 0.6) is 5.75 Å². The Labute approximate surface area is 218 Å². The van der Waals surface area contributed by atoms with E-state index in [4.69, 9.17) is 4.74 Å². The number of halogens is 3. The number of carbonyl (C=O) groups is 2. The summed E-state index contributed by atoms with van der Waals surface area (Å²) < 4.78 is 49.7. The summed E-state index contributed by atoms with van der Waals surface area (Å²) in [6, 6.07) is 8.36. The maximum Gasteiger partial charge on any atom is 0.324 e. The Morgan fingerprint density at radius 3 is 2.26 bits per heavy atom. The lowest BCUT2D eigenvalue weighted by Crippen LogP contribution is -2.42. The highest BCUT2D eigenvalue weighted by atomic mass is 19.1. The molecule has 0 atom stereocenters. The highest BCUT2D eigenvalue weighted by molar-refractivity contribution is 5.99. The van der Waals surface area contributed by atoms with Crippen molar-refractivity contribution in [1.82, 2.24) is 14.7 Å². The Balaban J connectivity index is 1.35. The van der Waals surface area contributed by atoms with Crippen molar-refractivity contribution in [3.05, 3.63) is 71.2 Å². The maximum absolute atomic E-state index is 14.3. The van der Waals surface area contributed by atoms with Crippen LogP contribution >= 0.6 is 0 Å². The molecule has 8 nitrogen and oxygen atoms in total. The van der Waals surface area contributed by atoms with Gasteiger partial charge in [0.05, 0.1) is 5.69 Å². The highest BCUT2D eigenvalue weighted by Crippen LogP contribution is 2.26. The van der Waals surface area contributed by atoms with Gasteiger partial charge in [0.1, 0.15) is 40.7 Å². The second-order valence-corrected chi connectivity index (χ2v) is 10.2. The van der Waals surface area contributed by atoms with Crippen molar-refractivity contribution >= 4 is 23.4 Å². The molecule has 3 aromatic rings. The summed E-state index contributed by atoms with van der Waals surface area (Å²) in [6.45, 7) is 6.48. The molecule has 11 heteroatoms. The van der Waals surface area contributed by atoms with Crippen LogP contribution in [0.2, 0.25) is 0 Å². The molecule has 2 aromatic carbocycles. The number of likely N-dealkylation sites (tertiary alicyclic amines) is 1. The summed E-state index contributed by atoms with van der Waals surface area (Å²) in [5, 5.41) is 9.71. The zero-order chi connectivity index (χ0) is 27.6. The van der Waals surface area contributed by atoms with E-state index in [1.807, 2.05) is 20.8 Å². The number of rotatable bonds is 5. The van der Waals surface area contributed by atoms with Gasteiger partial charge in [0, 0.05) is 62.3 Å². The van der Waals surface area contributed by atoms with Crippen molar-refractivity contribution in [2.45, 2.75) is 45.1 Å². The summed E-state index contributed by atoms with van der Waals surface area (Å²) in [6.07, 6.45) is 0.425. The first-order chi connectivity index (χ1) is 17.9. The number of ether oxygens (including phenoxy) is 1. The first-order valence-corrected chi connectivity index (χ1v) is 12.2. The van der Waals surface area contributed by atoms with Gasteiger partial charge in [-0.05, 0) is 18.2 Å². The molecule has 0 bridgehead atoms. The largest absolute Gasteiger partial charge is 0.490 e. The van der Waals surface area contributed by atoms with Crippen LogP contribution in [0.4, 0.5) is 29.5 Å². The van der Waals surface area contributed by atoms with E-state index in [1.54, 1.807) is 17.8 Å². The number of anilines is 2. The molecule has 2 heterocycles. The molecular formula is C27H30F3N5O3. The molecule has 2 N–H and O–H groups in total. The molecule has 3 amide bonds. The van der Waals surface area contributed by atoms with Gasteiger partial charge in [-0.15, -0.1) is 0 Å². The normalized spacial score (nSPS) is 14.3. The lowest BCUT2D eigenvalue weighted by molar-refractivity contribution is 0.0586. The second kappa shape index (κ2) is 10.8. The van der Waals surface area contributed by atoms with Crippen molar-refractivity contribution < 1.29 is 27.5 Å². The summed E-state index contributed by atoms with van der Waals surface area (Å²) in [5.74, 6) is -2.44. The third-order valence-electron chi connectivity index (χ3n) is 6.23. The number of nitrogens with one attached hydrogen (secondary N) is 2. The number of urea groups is 1. The van der Waals surface area contributed by atoms with Crippen molar-refractivity contribution in [2.24, 2.45) is 7.05 Å². The molecule has 0 aliphatic carbocycles. The molecule has 0 radical (unpaired) electrons. The van der Waals surface area contributed by atoms with Crippen LogP contribution in [0.1, 0.15) is 49.7 Å². The fourth-order valence-corrected chi connectivity index (χ4v) is 4.16. The first kappa shape index (κ1) is 27.0. The number of nitrogens with zero attached hydrogens (tertiary/aromatic N) is 3. The van der Waals surface area contributed by atoms with Crippen LogP contribution in [0.15, 0.2) is 42.5 Å². The molecule has 1 aliphatic heterocycles. The molecule has 38 heavy (non-hydrogen) atoms. The highest BCUT2D eigenvalue weighted by Gasteiger charge is 2.28. The fraction of sp³-hybridized carbons (Fsp3) is 0.370. The first-order valence-electron chi connectivity index (χ1n) is 12.2. The number of aryl methyl sites for hydroxylation is 1. The van der Waals surface area contributed by atoms with Gasteiger partial charge in [-0.2, -0.15) is 5.10 Å². The van der Waals surface area contributed by atoms with Gasteiger partial charge >= 0.3 is 6.03 Å². The summed E-state index contributed by atoms with van der Waals surface area (Å²) >= 11 is 0. The van der Waals surface area contributed by atoms with E-state index in [-0.39, 0.29) is 36.0 Å². The van der Waals surface area contributed by atoms with E-state index in [0.717, 1.165) is 17.8 Å². The number of amides is 3. The Bertz CT molecular complexity index is 1320.